The molecule has 0 amide bonds. The Hall–Kier alpha value is -2.34. The van der Waals surface area contributed by atoms with E-state index in [1.54, 1.807) is 0 Å². The molecule has 164 valence electrons. The largest absolute Gasteiger partial charge is 0.374 e. The van der Waals surface area contributed by atoms with Gasteiger partial charge >= 0.3 is 5.69 Å². The summed E-state index contributed by atoms with van der Waals surface area (Å²) >= 11 is 0. The van der Waals surface area contributed by atoms with Gasteiger partial charge in [-0.25, -0.2) is 4.79 Å². The van der Waals surface area contributed by atoms with E-state index < -0.39 is 52.4 Å². The fraction of sp³-hybridized carbons (Fsp3) is 0.474. The Balaban J connectivity index is 1.86. The number of ether oxygens (including phenoxy) is 2. The van der Waals surface area contributed by atoms with Crippen LogP contribution in [0.1, 0.15) is 17.4 Å². The molecule has 1 aromatic heterocycles. The van der Waals surface area contributed by atoms with Crippen molar-refractivity contribution in [3.63, 3.8) is 0 Å². The van der Waals surface area contributed by atoms with Crippen LogP contribution in [0, 0.1) is 12.8 Å². The number of halogens is 1. The van der Waals surface area contributed by atoms with E-state index in [1.165, 1.54) is 13.1 Å². The van der Waals surface area contributed by atoms with E-state index in [9.17, 15) is 22.4 Å². The van der Waals surface area contributed by atoms with Gasteiger partial charge in [-0.3, -0.25) is 22.9 Å². The van der Waals surface area contributed by atoms with Crippen LogP contribution in [0.4, 0.5) is 4.39 Å². The van der Waals surface area contributed by atoms with Crippen LogP contribution in [0.3, 0.4) is 0 Å². The minimum Gasteiger partial charge on any atom is -0.374 e. The molecule has 3 rings (SSSR count). The number of nitrogens with zero attached hydrogens (tertiary/aromatic N) is 1. The van der Waals surface area contributed by atoms with Gasteiger partial charge in [0, 0.05) is 17.7 Å². The summed E-state index contributed by atoms with van der Waals surface area (Å²) in [6.07, 6.45) is -1.37. The van der Waals surface area contributed by atoms with Crippen LogP contribution < -0.4 is 11.2 Å². The van der Waals surface area contributed by atoms with Crippen LogP contribution >= 0.6 is 0 Å². The van der Waals surface area contributed by atoms with E-state index in [1.807, 2.05) is 30.3 Å². The lowest BCUT2D eigenvalue weighted by Gasteiger charge is -2.22. The third kappa shape index (κ3) is 5.22. The van der Waals surface area contributed by atoms with Crippen molar-refractivity contribution in [1.82, 2.24) is 9.55 Å². The predicted octanol–water partition coefficient (Wildman–Crippen LogP) is 0.890. The number of benzene rings is 1. The lowest BCUT2D eigenvalue weighted by molar-refractivity contribution is -0.0647. The highest BCUT2D eigenvalue weighted by Crippen LogP contribution is 2.37. The lowest BCUT2D eigenvalue weighted by Crippen LogP contribution is -2.39. The lowest BCUT2D eigenvalue weighted by atomic mass is 10.00. The topological polar surface area (TPSA) is 117 Å². The van der Waals surface area contributed by atoms with E-state index in [4.69, 9.17) is 13.7 Å². The van der Waals surface area contributed by atoms with Gasteiger partial charge in [0.25, 0.3) is 15.7 Å². The smallest absolute Gasteiger partial charge is 0.330 e. The van der Waals surface area contributed by atoms with Crippen LogP contribution in [-0.4, -0.2) is 49.7 Å². The van der Waals surface area contributed by atoms with Gasteiger partial charge in [0.2, 0.25) is 0 Å². The third-order valence-electron chi connectivity index (χ3n) is 4.77. The van der Waals surface area contributed by atoms with E-state index in [2.05, 4.69) is 4.98 Å². The number of aromatic amines is 1. The number of nitrogens with one attached hydrogen (secondary N) is 1. The standard InChI is InChI=1S/C19H23FN2O7S/c1-12-9-22(19(24)21-17(12)23)18-16(29-30(2,25)26)14(8-20)15(28-18)11-27-10-13-6-4-3-5-7-13/h3-7,9,14-16,18H,8,10-11H2,1-2H3,(H,21,23,24)/t14-,15-,16-,18-/m1/s1. The number of aryl methyl sites for hydroxylation is 1. The van der Waals surface area contributed by atoms with Crippen LogP contribution in [0.25, 0.3) is 0 Å². The zero-order valence-corrected chi connectivity index (χ0v) is 17.3. The SMILES string of the molecule is Cc1cn([C@@H]2O[C@H](COCc3ccccc3)[C@@H](CF)[C@H]2OS(C)(=O)=O)c(=O)[nH]c1=O. The second-order valence-corrected chi connectivity index (χ2v) is 8.73. The van der Waals surface area contributed by atoms with Crippen molar-refractivity contribution in [2.24, 2.45) is 5.92 Å². The molecule has 0 bridgehead atoms. The van der Waals surface area contributed by atoms with Crippen molar-refractivity contribution in [2.75, 3.05) is 19.5 Å². The van der Waals surface area contributed by atoms with Crippen LogP contribution in [-0.2, 0) is 30.4 Å². The molecule has 1 fully saturated rings. The number of alkyl halides is 1. The summed E-state index contributed by atoms with van der Waals surface area (Å²) < 4.78 is 55.0. The van der Waals surface area contributed by atoms with Crippen LogP contribution in [0.5, 0.6) is 0 Å². The minimum atomic E-state index is -3.98. The molecular formula is C19H23FN2O7S. The number of hydrogen-bond acceptors (Lipinski definition) is 7. The first-order chi connectivity index (χ1) is 14.2. The molecule has 30 heavy (non-hydrogen) atoms. The van der Waals surface area contributed by atoms with E-state index >= 15 is 0 Å². The van der Waals surface area contributed by atoms with Crippen molar-refractivity contribution in [2.45, 2.75) is 32.0 Å². The summed E-state index contributed by atoms with van der Waals surface area (Å²) in [7, 11) is -3.98. The zero-order chi connectivity index (χ0) is 21.9. The van der Waals surface area contributed by atoms with Gasteiger partial charge < -0.3 is 9.47 Å². The number of hydrogen-bond donors (Lipinski definition) is 1. The maximum atomic E-state index is 13.9. The second-order valence-electron chi connectivity index (χ2n) is 7.13. The molecule has 1 aromatic carbocycles. The van der Waals surface area contributed by atoms with Crippen molar-refractivity contribution >= 4 is 10.1 Å². The van der Waals surface area contributed by atoms with Crippen molar-refractivity contribution in [3.05, 3.63) is 68.5 Å². The Bertz CT molecular complexity index is 1080. The second kappa shape index (κ2) is 9.21. The van der Waals surface area contributed by atoms with Crippen molar-refractivity contribution in [3.8, 4) is 0 Å². The molecule has 2 heterocycles. The monoisotopic (exact) mass is 442 g/mol. The Morgan fingerprint density at radius 2 is 1.93 bits per heavy atom. The molecule has 1 aliphatic rings. The molecule has 0 saturated carbocycles. The molecule has 0 aliphatic carbocycles. The minimum absolute atomic E-state index is 0.0410. The van der Waals surface area contributed by atoms with Crippen LogP contribution in [0.15, 0.2) is 46.1 Å². The number of H-pyrrole nitrogens is 1. The normalized spacial score (nSPS) is 24.2. The molecule has 0 radical (unpaired) electrons. The summed E-state index contributed by atoms with van der Waals surface area (Å²) in [5, 5.41) is 0. The Morgan fingerprint density at radius 3 is 2.57 bits per heavy atom. The molecule has 11 heteroatoms. The molecule has 9 nitrogen and oxygen atoms in total. The van der Waals surface area contributed by atoms with Gasteiger partial charge in [-0.1, -0.05) is 30.3 Å². The molecule has 0 spiro atoms. The molecule has 1 saturated heterocycles. The summed E-state index contributed by atoms with van der Waals surface area (Å²) in [5.74, 6) is -1.00. The highest BCUT2D eigenvalue weighted by molar-refractivity contribution is 7.86. The van der Waals surface area contributed by atoms with Gasteiger partial charge in [-0.15, -0.1) is 0 Å². The van der Waals surface area contributed by atoms with Gasteiger partial charge in [0.15, 0.2) is 6.23 Å². The maximum absolute atomic E-state index is 13.9. The maximum Gasteiger partial charge on any atom is 0.330 e. The molecular weight excluding hydrogens is 419 g/mol. The van der Waals surface area contributed by atoms with E-state index in [-0.39, 0.29) is 18.8 Å². The Kier molecular flexibility index (Phi) is 6.86. The average Bonchev–Trinajstić information content (AvgIpc) is 3.01. The summed E-state index contributed by atoms with van der Waals surface area (Å²) in [4.78, 5) is 26.1. The predicted molar refractivity (Wildman–Crippen MR) is 105 cm³/mol. The summed E-state index contributed by atoms with van der Waals surface area (Å²) in [6.45, 7) is 0.733. The Morgan fingerprint density at radius 1 is 1.23 bits per heavy atom. The fourth-order valence-electron chi connectivity index (χ4n) is 3.32. The Labute approximate surface area is 172 Å². The number of aromatic nitrogens is 2. The highest BCUT2D eigenvalue weighted by atomic mass is 32.2. The number of rotatable bonds is 8. The van der Waals surface area contributed by atoms with E-state index in [0.29, 0.717) is 0 Å². The van der Waals surface area contributed by atoms with Crippen molar-refractivity contribution in [1.29, 1.82) is 0 Å². The first kappa shape index (κ1) is 22.3. The van der Waals surface area contributed by atoms with Crippen molar-refractivity contribution < 1.29 is 26.5 Å². The average molecular weight is 442 g/mol. The summed E-state index contributed by atoms with van der Waals surface area (Å²) in [5.41, 5.74) is -0.294. The van der Waals surface area contributed by atoms with Gasteiger partial charge in [-0.05, 0) is 12.5 Å². The molecule has 4 atom stereocenters. The van der Waals surface area contributed by atoms with Gasteiger partial charge in [0.1, 0.15) is 6.10 Å². The summed E-state index contributed by atoms with van der Waals surface area (Å²) in [6, 6.07) is 9.30. The third-order valence-corrected chi connectivity index (χ3v) is 5.34. The fourth-order valence-corrected chi connectivity index (χ4v) is 3.96. The van der Waals surface area contributed by atoms with E-state index in [0.717, 1.165) is 16.4 Å². The van der Waals surface area contributed by atoms with Gasteiger partial charge in [0.05, 0.1) is 32.2 Å². The van der Waals surface area contributed by atoms with Crippen LogP contribution in [0.2, 0.25) is 0 Å². The molecule has 1 aliphatic heterocycles. The first-order valence-electron chi connectivity index (χ1n) is 9.23. The first-order valence-corrected chi connectivity index (χ1v) is 11.0. The van der Waals surface area contributed by atoms with Gasteiger partial charge in [-0.2, -0.15) is 8.42 Å². The molecule has 1 N–H and O–H groups in total. The molecule has 0 unspecified atom stereocenters. The highest BCUT2D eigenvalue weighted by Gasteiger charge is 2.48. The zero-order valence-electron chi connectivity index (χ0n) is 16.5. The molecule has 2 aromatic rings. The quantitative estimate of drug-likeness (QED) is 0.604.